The van der Waals surface area contributed by atoms with Gasteiger partial charge in [0.25, 0.3) is 0 Å². The van der Waals surface area contributed by atoms with Crippen molar-refractivity contribution in [3.63, 3.8) is 0 Å². The highest BCUT2D eigenvalue weighted by atomic mass is 32.2. The van der Waals surface area contributed by atoms with Gasteiger partial charge in [-0.05, 0) is 42.8 Å². The molecule has 2 aromatic heterocycles. The second-order valence-electron chi connectivity index (χ2n) is 7.88. The maximum Gasteiger partial charge on any atom is 0.416 e. The maximum absolute atomic E-state index is 15.2. The highest BCUT2D eigenvalue weighted by Gasteiger charge is 2.30. The zero-order valence-electron chi connectivity index (χ0n) is 19.0. The molecule has 0 saturated carbocycles. The van der Waals surface area contributed by atoms with Crippen LogP contribution < -0.4 is 10.0 Å². The lowest BCUT2D eigenvalue weighted by atomic mass is 10.0. The van der Waals surface area contributed by atoms with Crippen LogP contribution in [0.25, 0.3) is 11.0 Å². The van der Waals surface area contributed by atoms with Crippen molar-refractivity contribution in [3.8, 4) is 0 Å². The number of rotatable bonds is 8. The zero-order valence-corrected chi connectivity index (χ0v) is 19.8. The topological polar surface area (TPSA) is 117 Å². The lowest BCUT2D eigenvalue weighted by Crippen LogP contribution is -2.18. The van der Waals surface area contributed by atoms with Crippen LogP contribution in [-0.4, -0.2) is 34.9 Å². The van der Waals surface area contributed by atoms with Crippen LogP contribution in [0, 0.1) is 11.6 Å². The van der Waals surface area contributed by atoms with E-state index in [4.69, 9.17) is 0 Å². The summed E-state index contributed by atoms with van der Waals surface area (Å²) in [6.07, 6.45) is -2.03. The number of sulfonamides is 1. The number of anilines is 3. The summed E-state index contributed by atoms with van der Waals surface area (Å²) in [4.78, 5) is 24.0. The van der Waals surface area contributed by atoms with E-state index in [-0.39, 0.29) is 40.3 Å². The maximum atomic E-state index is 15.2. The van der Waals surface area contributed by atoms with Crippen LogP contribution in [0.1, 0.15) is 34.8 Å². The van der Waals surface area contributed by atoms with E-state index in [9.17, 15) is 30.8 Å². The molecule has 0 atom stereocenters. The summed E-state index contributed by atoms with van der Waals surface area (Å²) in [5, 5.41) is 2.79. The average Bonchev–Trinajstić information content (AvgIpc) is 3.26. The Morgan fingerprint density at radius 3 is 2.41 bits per heavy atom. The van der Waals surface area contributed by atoms with E-state index in [0.717, 1.165) is 48.9 Å². The molecule has 4 aromatic rings. The number of ketones is 1. The Morgan fingerprint density at radius 2 is 1.76 bits per heavy atom. The van der Waals surface area contributed by atoms with Crippen LogP contribution in [0.5, 0.6) is 0 Å². The molecule has 194 valence electrons. The molecule has 8 nitrogen and oxygen atoms in total. The number of carbonyl (C=O) groups excluding carboxylic acids is 1. The molecule has 2 aromatic carbocycles. The Morgan fingerprint density at radius 1 is 1.05 bits per heavy atom. The Kier molecular flexibility index (Phi) is 6.86. The van der Waals surface area contributed by atoms with Gasteiger partial charge in [0.2, 0.25) is 15.8 Å². The molecule has 0 aliphatic carbocycles. The van der Waals surface area contributed by atoms with Crippen LogP contribution in [0.4, 0.5) is 39.1 Å². The van der Waals surface area contributed by atoms with Crippen molar-refractivity contribution in [1.82, 2.24) is 15.0 Å². The third-order valence-electron chi connectivity index (χ3n) is 5.25. The van der Waals surface area contributed by atoms with E-state index >= 15 is 4.39 Å². The summed E-state index contributed by atoms with van der Waals surface area (Å²) in [7, 11) is -3.93. The Balaban J connectivity index is 1.74. The summed E-state index contributed by atoms with van der Waals surface area (Å²) in [6, 6.07) is 5.61. The fourth-order valence-corrected chi connectivity index (χ4v) is 4.71. The van der Waals surface area contributed by atoms with Crippen molar-refractivity contribution in [3.05, 3.63) is 77.2 Å². The number of alkyl halides is 3. The molecule has 0 bridgehead atoms. The largest absolute Gasteiger partial charge is 0.416 e. The molecule has 4 rings (SSSR count). The molecule has 3 N–H and O–H groups in total. The number of nitrogens with zero attached hydrogens (tertiary/aromatic N) is 2. The normalized spacial score (nSPS) is 12.1. The first-order valence-electron chi connectivity index (χ1n) is 10.7. The monoisotopic (exact) mass is 539 g/mol. The molecule has 14 heteroatoms. The van der Waals surface area contributed by atoms with Crippen LogP contribution in [0.15, 0.2) is 48.9 Å². The van der Waals surface area contributed by atoms with Gasteiger partial charge < -0.3 is 10.3 Å². The molecule has 0 saturated heterocycles. The van der Waals surface area contributed by atoms with E-state index in [2.05, 4.69) is 20.3 Å². The number of halogens is 5. The molecule has 0 spiro atoms. The molecule has 0 aliphatic heterocycles. The van der Waals surface area contributed by atoms with E-state index in [1.807, 2.05) is 4.72 Å². The van der Waals surface area contributed by atoms with E-state index in [1.165, 1.54) is 0 Å². The number of hydrogen-bond acceptors (Lipinski definition) is 6. The number of aromatic amines is 1. The number of H-pyrrole nitrogens is 1. The van der Waals surface area contributed by atoms with Crippen molar-refractivity contribution >= 4 is 44.0 Å². The van der Waals surface area contributed by atoms with Gasteiger partial charge in [0.1, 0.15) is 23.6 Å². The smallest absolute Gasteiger partial charge is 0.345 e. The molecule has 0 radical (unpaired) electrons. The predicted molar refractivity (Wildman–Crippen MR) is 126 cm³/mol. The molecule has 2 heterocycles. The fourth-order valence-electron chi connectivity index (χ4n) is 3.58. The highest BCUT2D eigenvalue weighted by Crippen LogP contribution is 2.33. The molecule has 0 fully saturated rings. The summed E-state index contributed by atoms with van der Waals surface area (Å²) in [6.45, 7) is 1.60. The minimum Gasteiger partial charge on any atom is -0.345 e. The van der Waals surface area contributed by atoms with Gasteiger partial charge in [-0.3, -0.25) is 9.52 Å². The van der Waals surface area contributed by atoms with Gasteiger partial charge in [-0.25, -0.2) is 27.2 Å². The van der Waals surface area contributed by atoms with Crippen molar-refractivity contribution in [2.24, 2.45) is 0 Å². The first kappa shape index (κ1) is 26.0. The number of benzene rings is 2. The molecular weight excluding hydrogens is 521 g/mol. The molecule has 0 aliphatic rings. The zero-order chi connectivity index (χ0) is 27.0. The molecule has 0 amide bonds. The fraction of sp³-hybridized carbons (Fsp3) is 0.174. The molecule has 0 unspecified atom stereocenters. The van der Waals surface area contributed by atoms with Gasteiger partial charge in [-0.15, -0.1) is 0 Å². The van der Waals surface area contributed by atoms with Gasteiger partial charge in [-0.1, -0.05) is 6.92 Å². The molecular formula is C23H18F5N5O3S. The second kappa shape index (κ2) is 9.76. The molecule has 37 heavy (non-hydrogen) atoms. The van der Waals surface area contributed by atoms with E-state index in [0.29, 0.717) is 0 Å². The lowest BCUT2D eigenvalue weighted by Gasteiger charge is -2.12. The summed E-state index contributed by atoms with van der Waals surface area (Å²) in [5.41, 5.74) is -2.44. The second-order valence-corrected chi connectivity index (χ2v) is 9.72. The number of fused-ring (bicyclic) bond motifs is 1. The van der Waals surface area contributed by atoms with Crippen molar-refractivity contribution in [2.75, 3.05) is 15.8 Å². The lowest BCUT2D eigenvalue weighted by molar-refractivity contribution is -0.137. The van der Waals surface area contributed by atoms with Crippen molar-refractivity contribution in [1.29, 1.82) is 0 Å². The minimum atomic E-state index is -4.53. The van der Waals surface area contributed by atoms with Crippen molar-refractivity contribution < 1.29 is 35.2 Å². The third-order valence-corrected chi connectivity index (χ3v) is 6.72. The van der Waals surface area contributed by atoms with Gasteiger partial charge in [0, 0.05) is 11.9 Å². The Labute approximate surface area is 207 Å². The van der Waals surface area contributed by atoms with E-state index in [1.54, 1.807) is 6.92 Å². The Hall–Kier alpha value is -4.07. The number of carbonyl (C=O) groups is 1. The van der Waals surface area contributed by atoms with Crippen LogP contribution in [0.3, 0.4) is 0 Å². The number of aromatic nitrogens is 3. The first-order chi connectivity index (χ1) is 17.4. The third kappa shape index (κ3) is 5.38. The predicted octanol–water partition coefficient (Wildman–Crippen LogP) is 5.38. The van der Waals surface area contributed by atoms with Gasteiger partial charge in [-0.2, -0.15) is 13.2 Å². The SMILES string of the molecule is CCCS(=O)(=O)Nc1ccc(F)c(C(=O)c2c[nH]c3ncnc(Nc4ccc(C(F)(F)F)cc4)c23)c1F. The number of nitrogens with one attached hydrogen (secondary N) is 3. The summed E-state index contributed by atoms with van der Waals surface area (Å²) >= 11 is 0. The number of hydrogen-bond donors (Lipinski definition) is 3. The van der Waals surface area contributed by atoms with Crippen LogP contribution in [0.2, 0.25) is 0 Å². The van der Waals surface area contributed by atoms with E-state index < -0.39 is 50.4 Å². The first-order valence-corrected chi connectivity index (χ1v) is 12.4. The van der Waals surface area contributed by atoms with Crippen molar-refractivity contribution in [2.45, 2.75) is 19.5 Å². The quantitative estimate of drug-likeness (QED) is 0.205. The Bertz CT molecular complexity index is 1590. The highest BCUT2D eigenvalue weighted by molar-refractivity contribution is 7.92. The van der Waals surface area contributed by atoms with Gasteiger partial charge >= 0.3 is 6.18 Å². The standard InChI is InChI=1S/C23H18F5N5O3S/c1-2-9-37(35,36)33-16-8-7-15(24)18(19(16)25)20(34)14-10-29-21-17(14)22(31-11-30-21)32-13-5-3-12(4-6-13)23(26,27)28/h3-8,10-11,33H,2,9H2,1H3,(H2,29,30,31,32). The minimum absolute atomic E-state index is 0.0168. The average molecular weight is 539 g/mol. The van der Waals surface area contributed by atoms with Gasteiger partial charge in [0.15, 0.2) is 5.82 Å². The summed E-state index contributed by atoms with van der Waals surface area (Å²) < 4.78 is 94.6. The summed E-state index contributed by atoms with van der Waals surface area (Å²) in [5.74, 6) is -4.11. The van der Waals surface area contributed by atoms with Crippen LogP contribution in [-0.2, 0) is 16.2 Å². The van der Waals surface area contributed by atoms with Gasteiger partial charge in [0.05, 0.1) is 33.5 Å². The van der Waals surface area contributed by atoms with Crippen LogP contribution >= 0.6 is 0 Å².